The van der Waals surface area contributed by atoms with Crippen molar-refractivity contribution in [2.75, 3.05) is 12.4 Å². The van der Waals surface area contributed by atoms with Gasteiger partial charge >= 0.3 is 0 Å². The highest BCUT2D eigenvalue weighted by molar-refractivity contribution is 7.16. The van der Waals surface area contributed by atoms with Gasteiger partial charge in [0.1, 0.15) is 0 Å². The van der Waals surface area contributed by atoms with Crippen LogP contribution in [0, 0.1) is 0 Å². The van der Waals surface area contributed by atoms with Gasteiger partial charge in [-0.2, -0.15) is 0 Å². The van der Waals surface area contributed by atoms with E-state index in [2.05, 4.69) is 16.9 Å². The second kappa shape index (κ2) is 7.33. The Kier molecular flexibility index (Phi) is 6.76. The number of hydrogen-bond acceptors (Lipinski definition) is 3. The molecular weight excluding hydrogens is 192 g/mol. The summed E-state index contributed by atoms with van der Waals surface area (Å²) in [4.78, 5) is 5.45. The van der Waals surface area contributed by atoms with Gasteiger partial charge < -0.3 is 5.32 Å². The first kappa shape index (κ1) is 12.9. The molecule has 0 amide bonds. The van der Waals surface area contributed by atoms with Crippen LogP contribution in [-0.2, 0) is 0 Å². The Morgan fingerprint density at radius 2 is 2.07 bits per heavy atom. The van der Waals surface area contributed by atoms with E-state index >= 15 is 0 Å². The molecule has 0 saturated heterocycles. The van der Waals surface area contributed by atoms with Crippen molar-refractivity contribution >= 4 is 28.6 Å². The maximum atomic E-state index is 4.30. The first-order chi connectivity index (χ1) is 6.81. The van der Waals surface area contributed by atoms with Crippen molar-refractivity contribution in [2.24, 2.45) is 0 Å². The van der Waals surface area contributed by atoms with Crippen LogP contribution in [-0.4, -0.2) is 12.0 Å². The van der Waals surface area contributed by atoms with Crippen molar-refractivity contribution in [3.8, 4) is 0 Å². The summed E-state index contributed by atoms with van der Waals surface area (Å²) in [6, 6.07) is 0. The summed E-state index contributed by atoms with van der Waals surface area (Å²) in [5.41, 5.74) is 0.947. The van der Waals surface area contributed by atoms with Crippen LogP contribution in [0.15, 0.2) is 12.7 Å². The molecule has 0 spiro atoms. The Morgan fingerprint density at radius 1 is 1.43 bits per heavy atom. The molecule has 1 N–H and O–H groups in total. The van der Waals surface area contributed by atoms with E-state index < -0.39 is 0 Å². The molecule has 0 aliphatic carbocycles. The van der Waals surface area contributed by atoms with Crippen LogP contribution < -0.4 is 5.32 Å². The number of thiazole rings is 1. The van der Waals surface area contributed by atoms with Crippen molar-refractivity contribution in [1.29, 1.82) is 0 Å². The lowest BCUT2D eigenvalue weighted by atomic mass is 10.3. The van der Waals surface area contributed by atoms with E-state index in [1.54, 1.807) is 17.4 Å². The molecule has 2 nitrogen and oxygen atoms in total. The molecule has 0 bridgehead atoms. The molecule has 0 saturated carbocycles. The average Bonchev–Trinajstić information content (AvgIpc) is 2.64. The zero-order valence-corrected chi connectivity index (χ0v) is 10.1. The minimum absolute atomic E-state index is 0.929. The van der Waals surface area contributed by atoms with Crippen molar-refractivity contribution in [3.05, 3.63) is 23.2 Å². The van der Waals surface area contributed by atoms with E-state index in [1.165, 1.54) is 0 Å². The number of rotatable bonds is 3. The normalized spacial score (nSPS) is 9.43. The van der Waals surface area contributed by atoms with Gasteiger partial charge in [0.25, 0.3) is 0 Å². The quantitative estimate of drug-likeness (QED) is 0.818. The summed E-state index contributed by atoms with van der Waals surface area (Å²) in [6.45, 7) is 9.70. The van der Waals surface area contributed by atoms with Gasteiger partial charge in [-0.05, 0) is 19.1 Å². The van der Waals surface area contributed by atoms with E-state index in [0.717, 1.165) is 15.7 Å². The predicted octanol–water partition coefficient (Wildman–Crippen LogP) is 3.89. The Labute approximate surface area is 90.4 Å². The Morgan fingerprint density at radius 3 is 2.50 bits per heavy atom. The lowest BCUT2D eigenvalue weighted by molar-refractivity contribution is 1.34. The highest BCUT2D eigenvalue weighted by Gasteiger charge is 2.03. The molecule has 0 radical (unpaired) electrons. The molecule has 0 aliphatic rings. The number of nitrogens with zero attached hydrogens (tertiary/aromatic N) is 1. The summed E-state index contributed by atoms with van der Waals surface area (Å²) in [5.74, 6) is 0. The smallest absolute Gasteiger partial charge is 0.183 e. The molecule has 0 fully saturated rings. The number of nitrogens with one attached hydrogen (secondary N) is 1. The summed E-state index contributed by atoms with van der Waals surface area (Å²) in [5, 5.41) is 3.93. The Hall–Kier alpha value is -1.09. The molecule has 14 heavy (non-hydrogen) atoms. The predicted molar refractivity (Wildman–Crippen MR) is 67.8 cm³/mol. The van der Waals surface area contributed by atoms with Gasteiger partial charge in [0, 0.05) is 7.05 Å². The third-order valence-electron chi connectivity index (χ3n) is 1.41. The van der Waals surface area contributed by atoms with Crippen molar-refractivity contribution in [3.63, 3.8) is 0 Å². The molecule has 1 rings (SSSR count). The van der Waals surface area contributed by atoms with Crippen LogP contribution in [0.3, 0.4) is 0 Å². The number of anilines is 1. The minimum atomic E-state index is 0.929. The van der Waals surface area contributed by atoms with Crippen LogP contribution in [0.1, 0.15) is 31.3 Å². The van der Waals surface area contributed by atoms with E-state index in [9.17, 15) is 0 Å². The van der Waals surface area contributed by atoms with Gasteiger partial charge in [0.15, 0.2) is 5.13 Å². The minimum Gasteiger partial charge on any atom is -0.365 e. The van der Waals surface area contributed by atoms with Gasteiger partial charge in [-0.25, -0.2) is 4.98 Å². The molecular formula is C11H18N2S. The fourth-order valence-electron chi connectivity index (χ4n) is 0.868. The molecule has 0 aliphatic heterocycles. The van der Waals surface area contributed by atoms with Crippen LogP contribution >= 0.6 is 11.3 Å². The number of aromatic nitrogens is 1. The molecule has 0 aromatic carbocycles. The van der Waals surface area contributed by atoms with Crippen LogP contribution in [0.4, 0.5) is 5.13 Å². The second-order valence-corrected chi connectivity index (χ2v) is 3.25. The summed E-state index contributed by atoms with van der Waals surface area (Å²) >= 11 is 1.63. The number of allylic oxidation sites excluding steroid dienone is 1. The molecule has 78 valence electrons. The van der Waals surface area contributed by atoms with Crippen LogP contribution in [0.2, 0.25) is 0 Å². The zero-order valence-electron chi connectivity index (χ0n) is 9.29. The largest absolute Gasteiger partial charge is 0.365 e. The standard InChI is InChI=1S/C9H12N2S.C2H6/c1-4-6-8-7(5-2)11-9(10-3)12-8;1-2/h4-6H,2H2,1,3H3,(H,10,11);1-2H3/b6-4-;. The van der Waals surface area contributed by atoms with Gasteiger partial charge in [-0.15, -0.1) is 0 Å². The van der Waals surface area contributed by atoms with Crippen molar-refractivity contribution < 1.29 is 0 Å². The molecule has 0 atom stereocenters. The monoisotopic (exact) mass is 210 g/mol. The van der Waals surface area contributed by atoms with E-state index in [4.69, 9.17) is 0 Å². The molecule has 3 heteroatoms. The van der Waals surface area contributed by atoms with Crippen LogP contribution in [0.5, 0.6) is 0 Å². The Bertz CT molecular complexity index is 300. The summed E-state index contributed by atoms with van der Waals surface area (Å²) in [7, 11) is 1.87. The van der Waals surface area contributed by atoms with Crippen molar-refractivity contribution in [1.82, 2.24) is 4.98 Å². The van der Waals surface area contributed by atoms with Gasteiger partial charge in [0.05, 0.1) is 10.6 Å². The lowest BCUT2D eigenvalue weighted by Crippen LogP contribution is -1.84. The molecule has 1 heterocycles. The highest BCUT2D eigenvalue weighted by Crippen LogP contribution is 2.24. The third-order valence-corrected chi connectivity index (χ3v) is 2.46. The summed E-state index contributed by atoms with van der Waals surface area (Å²) < 4.78 is 0. The van der Waals surface area contributed by atoms with E-state index in [1.807, 2.05) is 40.0 Å². The SMILES string of the molecule is C=Cc1nc(NC)sc1/C=C\C.CC. The summed E-state index contributed by atoms with van der Waals surface area (Å²) in [6.07, 6.45) is 5.81. The van der Waals surface area contributed by atoms with Gasteiger partial charge in [-0.1, -0.05) is 37.8 Å². The van der Waals surface area contributed by atoms with Gasteiger partial charge in [0.2, 0.25) is 0 Å². The fraction of sp³-hybridized carbons (Fsp3) is 0.364. The first-order valence-corrected chi connectivity index (χ1v) is 5.57. The fourth-order valence-corrected chi connectivity index (χ4v) is 1.76. The van der Waals surface area contributed by atoms with Gasteiger partial charge in [-0.3, -0.25) is 0 Å². The third kappa shape index (κ3) is 3.34. The van der Waals surface area contributed by atoms with E-state index in [-0.39, 0.29) is 0 Å². The second-order valence-electron chi connectivity index (χ2n) is 2.22. The molecule has 1 aromatic rings. The zero-order chi connectivity index (χ0) is 11.0. The van der Waals surface area contributed by atoms with Crippen molar-refractivity contribution in [2.45, 2.75) is 20.8 Å². The van der Waals surface area contributed by atoms with E-state index in [0.29, 0.717) is 0 Å². The lowest BCUT2D eigenvalue weighted by Gasteiger charge is -1.85. The number of hydrogen-bond donors (Lipinski definition) is 1. The maximum Gasteiger partial charge on any atom is 0.183 e. The highest BCUT2D eigenvalue weighted by atomic mass is 32.1. The Balaban J connectivity index is 0.000000791. The molecule has 1 aromatic heterocycles. The molecule has 0 unspecified atom stereocenters. The average molecular weight is 210 g/mol. The maximum absolute atomic E-state index is 4.30. The van der Waals surface area contributed by atoms with Crippen LogP contribution in [0.25, 0.3) is 12.2 Å². The first-order valence-electron chi connectivity index (χ1n) is 4.75. The topological polar surface area (TPSA) is 24.9 Å².